The molecule has 2 fully saturated rings. The van der Waals surface area contributed by atoms with Crippen LogP contribution in [0.1, 0.15) is 46.0 Å². The topological polar surface area (TPSA) is 81.1 Å². The fraction of sp³-hybridized carbons (Fsp3) is 0.812. The third-order valence-corrected chi connectivity index (χ3v) is 5.30. The Hall–Kier alpha value is -1.63. The maximum Gasteiger partial charge on any atom is 0.315 e. The van der Waals surface area contributed by atoms with E-state index in [0.717, 1.165) is 25.9 Å². The maximum atomic E-state index is 12.3. The van der Waals surface area contributed by atoms with E-state index in [4.69, 9.17) is 4.74 Å². The number of aromatic nitrogens is 3. The zero-order valence-electron chi connectivity index (χ0n) is 14.0. The van der Waals surface area contributed by atoms with Gasteiger partial charge in [-0.1, -0.05) is 12.8 Å². The highest BCUT2D eigenvalue weighted by molar-refractivity contribution is 5.74. The van der Waals surface area contributed by atoms with Gasteiger partial charge in [0.25, 0.3) is 0 Å². The third kappa shape index (κ3) is 3.34. The minimum absolute atomic E-state index is 0.000932. The lowest BCUT2D eigenvalue weighted by molar-refractivity contribution is -0.126. The van der Waals surface area contributed by atoms with Crippen molar-refractivity contribution in [2.45, 2.75) is 70.7 Å². The average molecular weight is 321 g/mol. The van der Waals surface area contributed by atoms with Crippen LogP contribution in [-0.4, -0.2) is 45.6 Å². The molecule has 2 aliphatic carbocycles. The summed E-state index contributed by atoms with van der Waals surface area (Å²) in [7, 11) is 0. The molecule has 2 N–H and O–H groups in total. The van der Waals surface area contributed by atoms with Crippen LogP contribution < -0.4 is 10.6 Å². The largest absolute Gasteiger partial charge is 0.378 e. The second-order valence-corrected chi connectivity index (χ2v) is 6.81. The smallest absolute Gasteiger partial charge is 0.315 e. The van der Waals surface area contributed by atoms with E-state index < -0.39 is 0 Å². The third-order valence-electron chi connectivity index (χ3n) is 5.30. The highest BCUT2D eigenvalue weighted by Gasteiger charge is 2.57. The zero-order chi connectivity index (χ0) is 16.3. The fourth-order valence-corrected chi connectivity index (χ4v) is 4.17. The predicted molar refractivity (Wildman–Crippen MR) is 85.9 cm³/mol. The number of amides is 2. The fourth-order valence-electron chi connectivity index (χ4n) is 4.17. The molecule has 1 spiro atoms. The lowest BCUT2D eigenvalue weighted by Crippen LogP contribution is -2.65. The second-order valence-electron chi connectivity index (χ2n) is 6.81. The Kier molecular flexibility index (Phi) is 4.84. The van der Waals surface area contributed by atoms with E-state index >= 15 is 0 Å². The summed E-state index contributed by atoms with van der Waals surface area (Å²) in [5.74, 6) is 0. The number of carbonyl (C=O) groups excluding carboxylic acids is 1. The Morgan fingerprint density at radius 2 is 2.26 bits per heavy atom. The molecular formula is C16H27N5O2. The molecule has 0 aromatic carbocycles. The van der Waals surface area contributed by atoms with Crippen LogP contribution in [0.3, 0.4) is 0 Å². The SMILES string of the molecule is CCO[C@@H]1C[C@@H](NC(=O)N[C@H](C)Cn2cncn2)C12CCCC2. The van der Waals surface area contributed by atoms with Crippen molar-refractivity contribution in [3.63, 3.8) is 0 Å². The summed E-state index contributed by atoms with van der Waals surface area (Å²) in [4.78, 5) is 16.2. The molecule has 3 atom stereocenters. The van der Waals surface area contributed by atoms with Crippen LogP contribution in [-0.2, 0) is 11.3 Å². The number of nitrogens with zero attached hydrogens (tertiary/aromatic N) is 3. The average Bonchev–Trinajstić information content (AvgIpc) is 3.18. The molecule has 7 nitrogen and oxygen atoms in total. The van der Waals surface area contributed by atoms with Gasteiger partial charge < -0.3 is 15.4 Å². The molecular weight excluding hydrogens is 294 g/mol. The predicted octanol–water partition coefficient (Wildman–Crippen LogP) is 1.70. The Morgan fingerprint density at radius 3 is 2.91 bits per heavy atom. The lowest BCUT2D eigenvalue weighted by Gasteiger charge is -2.54. The van der Waals surface area contributed by atoms with E-state index in [2.05, 4.69) is 20.7 Å². The molecule has 2 saturated carbocycles. The van der Waals surface area contributed by atoms with Gasteiger partial charge in [-0.15, -0.1) is 0 Å². The summed E-state index contributed by atoms with van der Waals surface area (Å²) >= 11 is 0. The minimum atomic E-state index is -0.0937. The molecule has 3 rings (SSSR count). The first-order chi connectivity index (χ1) is 11.1. The molecule has 0 unspecified atom stereocenters. The zero-order valence-corrected chi connectivity index (χ0v) is 14.0. The van der Waals surface area contributed by atoms with Gasteiger partial charge in [0.1, 0.15) is 12.7 Å². The summed E-state index contributed by atoms with van der Waals surface area (Å²) in [5.41, 5.74) is 0.169. The summed E-state index contributed by atoms with van der Waals surface area (Å²) in [5, 5.41) is 10.2. The van der Waals surface area contributed by atoms with Crippen LogP contribution in [0.5, 0.6) is 0 Å². The molecule has 23 heavy (non-hydrogen) atoms. The standard InChI is InChI=1S/C16H27N5O2/c1-3-23-14-8-13(16(14)6-4-5-7-16)20-15(22)19-12(2)9-21-11-17-10-18-21/h10-14H,3-9H2,1-2H3,(H2,19,20,22)/t12-,13-,14-/m1/s1. The van der Waals surface area contributed by atoms with Crippen LogP contribution in [0.15, 0.2) is 12.7 Å². The normalized spacial score (nSPS) is 26.7. The number of nitrogens with one attached hydrogen (secondary N) is 2. The molecule has 128 valence electrons. The van der Waals surface area contributed by atoms with Gasteiger partial charge in [-0.25, -0.2) is 9.78 Å². The van der Waals surface area contributed by atoms with Crippen molar-refractivity contribution in [2.24, 2.45) is 5.41 Å². The Bertz CT molecular complexity index is 513. The van der Waals surface area contributed by atoms with Gasteiger partial charge in [0.05, 0.1) is 12.6 Å². The monoisotopic (exact) mass is 321 g/mol. The van der Waals surface area contributed by atoms with Gasteiger partial charge in [-0.3, -0.25) is 4.68 Å². The summed E-state index contributed by atoms with van der Waals surface area (Å²) in [6.45, 7) is 5.38. The van der Waals surface area contributed by atoms with Crippen molar-refractivity contribution in [2.75, 3.05) is 6.61 Å². The van der Waals surface area contributed by atoms with Crippen molar-refractivity contribution in [1.82, 2.24) is 25.4 Å². The lowest BCUT2D eigenvalue weighted by atomic mass is 9.60. The molecule has 1 aromatic rings. The van der Waals surface area contributed by atoms with E-state index in [-0.39, 0.29) is 23.5 Å². The van der Waals surface area contributed by atoms with Crippen LogP contribution >= 0.6 is 0 Å². The van der Waals surface area contributed by atoms with Crippen LogP contribution in [0, 0.1) is 5.41 Å². The number of carbonyl (C=O) groups is 1. The van der Waals surface area contributed by atoms with Crippen LogP contribution in [0.25, 0.3) is 0 Å². The number of ether oxygens (including phenoxy) is 1. The molecule has 2 amide bonds. The van der Waals surface area contributed by atoms with Crippen molar-refractivity contribution < 1.29 is 9.53 Å². The van der Waals surface area contributed by atoms with Crippen LogP contribution in [0.2, 0.25) is 0 Å². The Balaban J connectivity index is 1.49. The number of urea groups is 1. The van der Waals surface area contributed by atoms with Crippen molar-refractivity contribution in [1.29, 1.82) is 0 Å². The highest BCUT2D eigenvalue weighted by Crippen LogP contribution is 2.54. The number of hydrogen-bond donors (Lipinski definition) is 2. The minimum Gasteiger partial charge on any atom is -0.378 e. The molecule has 0 aliphatic heterocycles. The Labute approximate surface area is 137 Å². The van der Waals surface area contributed by atoms with Gasteiger partial charge >= 0.3 is 6.03 Å². The molecule has 7 heteroatoms. The van der Waals surface area contributed by atoms with E-state index in [1.807, 2.05) is 13.8 Å². The van der Waals surface area contributed by atoms with Crippen LogP contribution in [0.4, 0.5) is 4.79 Å². The summed E-state index contributed by atoms with van der Waals surface area (Å²) in [6.07, 6.45) is 9.21. The highest BCUT2D eigenvalue weighted by atomic mass is 16.5. The number of rotatable bonds is 6. The van der Waals surface area contributed by atoms with E-state index in [1.54, 1.807) is 11.0 Å². The Morgan fingerprint density at radius 1 is 1.48 bits per heavy atom. The van der Waals surface area contributed by atoms with Gasteiger partial charge in [0.15, 0.2) is 0 Å². The van der Waals surface area contributed by atoms with Gasteiger partial charge in [-0.2, -0.15) is 5.10 Å². The quantitative estimate of drug-likeness (QED) is 0.836. The van der Waals surface area contributed by atoms with E-state index in [1.165, 1.54) is 19.2 Å². The van der Waals surface area contributed by atoms with E-state index in [9.17, 15) is 4.79 Å². The molecule has 0 saturated heterocycles. The second kappa shape index (κ2) is 6.86. The first-order valence-electron chi connectivity index (χ1n) is 8.65. The molecule has 2 aliphatic rings. The molecule has 0 radical (unpaired) electrons. The van der Waals surface area contributed by atoms with Crippen molar-refractivity contribution in [3.05, 3.63) is 12.7 Å². The molecule has 1 heterocycles. The van der Waals surface area contributed by atoms with Gasteiger partial charge in [0, 0.05) is 24.1 Å². The first kappa shape index (κ1) is 16.2. The summed E-state index contributed by atoms with van der Waals surface area (Å²) < 4.78 is 7.61. The molecule has 1 aromatic heterocycles. The van der Waals surface area contributed by atoms with Gasteiger partial charge in [0.2, 0.25) is 0 Å². The summed E-state index contributed by atoms with van der Waals surface area (Å²) in [6, 6.07) is 0.142. The first-order valence-corrected chi connectivity index (χ1v) is 8.65. The van der Waals surface area contributed by atoms with E-state index in [0.29, 0.717) is 12.6 Å². The van der Waals surface area contributed by atoms with Crippen molar-refractivity contribution >= 4 is 6.03 Å². The number of hydrogen-bond acceptors (Lipinski definition) is 4. The van der Waals surface area contributed by atoms with Gasteiger partial charge in [-0.05, 0) is 33.1 Å². The van der Waals surface area contributed by atoms with Crippen molar-refractivity contribution in [3.8, 4) is 0 Å². The maximum absolute atomic E-state index is 12.3. The molecule has 0 bridgehead atoms.